The minimum absolute atomic E-state index is 0.0399. The van der Waals surface area contributed by atoms with Crippen LogP contribution >= 0.6 is 0 Å². The number of carbonyl (C=O) groups excluding carboxylic acids is 3. The summed E-state index contributed by atoms with van der Waals surface area (Å²) in [4.78, 5) is 39.9. The number of imide groups is 1. The number of halogens is 1. The summed E-state index contributed by atoms with van der Waals surface area (Å²) < 4.78 is 13.3. The Labute approximate surface area is 143 Å². The first-order valence-corrected chi connectivity index (χ1v) is 8.10. The highest BCUT2D eigenvalue weighted by molar-refractivity contribution is 6.21. The van der Waals surface area contributed by atoms with Gasteiger partial charge in [0.15, 0.2) is 0 Å². The van der Waals surface area contributed by atoms with E-state index in [0.717, 1.165) is 10.5 Å². The van der Waals surface area contributed by atoms with Crippen LogP contribution in [0.25, 0.3) is 0 Å². The molecule has 0 bridgehead atoms. The number of rotatable bonds is 3. The zero-order chi connectivity index (χ0) is 17.6. The van der Waals surface area contributed by atoms with Crippen molar-refractivity contribution < 1.29 is 18.8 Å². The van der Waals surface area contributed by atoms with E-state index < -0.39 is 0 Å². The molecule has 0 spiro atoms. The average molecular weight is 338 g/mol. The molecule has 0 aromatic heterocycles. The van der Waals surface area contributed by atoms with E-state index in [-0.39, 0.29) is 36.5 Å². The predicted molar refractivity (Wildman–Crippen MR) is 88.9 cm³/mol. The second-order valence-corrected chi connectivity index (χ2v) is 6.13. The highest BCUT2D eigenvalue weighted by Crippen LogP contribution is 2.29. The summed E-state index contributed by atoms with van der Waals surface area (Å²) >= 11 is 0. The van der Waals surface area contributed by atoms with Crippen LogP contribution in [0.4, 0.5) is 10.1 Å². The van der Waals surface area contributed by atoms with Gasteiger partial charge in [-0.3, -0.25) is 19.3 Å². The molecule has 0 saturated heterocycles. The molecule has 6 heteroatoms. The van der Waals surface area contributed by atoms with Crippen LogP contribution in [0.2, 0.25) is 0 Å². The van der Waals surface area contributed by atoms with Crippen LogP contribution in [0.3, 0.4) is 0 Å². The molecule has 2 aliphatic heterocycles. The summed E-state index contributed by atoms with van der Waals surface area (Å²) in [5.74, 6) is -1.23. The van der Waals surface area contributed by atoms with Gasteiger partial charge >= 0.3 is 0 Å². The van der Waals surface area contributed by atoms with E-state index in [1.54, 1.807) is 35.2 Å². The molecular formula is C19H15FN2O3. The lowest BCUT2D eigenvalue weighted by Gasteiger charge is -2.19. The van der Waals surface area contributed by atoms with Gasteiger partial charge < -0.3 is 4.90 Å². The molecule has 3 amide bonds. The van der Waals surface area contributed by atoms with E-state index in [1.165, 1.54) is 12.1 Å². The second-order valence-electron chi connectivity index (χ2n) is 6.13. The van der Waals surface area contributed by atoms with Crippen LogP contribution in [-0.2, 0) is 11.2 Å². The fraction of sp³-hybridized carbons (Fsp3) is 0.211. The third-order valence-electron chi connectivity index (χ3n) is 4.67. The smallest absolute Gasteiger partial charge is 0.261 e. The number of hydrogen-bond acceptors (Lipinski definition) is 3. The van der Waals surface area contributed by atoms with Crippen molar-refractivity contribution in [2.24, 2.45) is 0 Å². The summed E-state index contributed by atoms with van der Waals surface area (Å²) in [5.41, 5.74) is 2.26. The van der Waals surface area contributed by atoms with Crippen LogP contribution in [-0.4, -0.2) is 35.7 Å². The molecule has 0 unspecified atom stereocenters. The van der Waals surface area contributed by atoms with Crippen LogP contribution in [0.5, 0.6) is 0 Å². The topological polar surface area (TPSA) is 57.7 Å². The van der Waals surface area contributed by atoms with Gasteiger partial charge in [-0.1, -0.05) is 12.1 Å². The van der Waals surface area contributed by atoms with Gasteiger partial charge in [-0.2, -0.15) is 0 Å². The van der Waals surface area contributed by atoms with Gasteiger partial charge in [-0.25, -0.2) is 4.39 Å². The van der Waals surface area contributed by atoms with Gasteiger partial charge in [0.2, 0.25) is 5.91 Å². The molecule has 5 nitrogen and oxygen atoms in total. The highest BCUT2D eigenvalue weighted by Gasteiger charge is 2.35. The van der Waals surface area contributed by atoms with Crippen molar-refractivity contribution in [2.45, 2.75) is 12.8 Å². The number of anilines is 1. The standard InChI is InChI=1S/C19H15FN2O3/c20-13-5-6-16-12(11-13)7-9-21(16)17(23)8-10-22-18(24)14-3-1-2-4-15(14)19(22)25/h1-6,11H,7-10H2. The van der Waals surface area contributed by atoms with E-state index in [1.807, 2.05) is 0 Å². The van der Waals surface area contributed by atoms with Crippen molar-refractivity contribution in [1.82, 2.24) is 4.90 Å². The monoisotopic (exact) mass is 338 g/mol. The third-order valence-corrected chi connectivity index (χ3v) is 4.67. The molecule has 0 aliphatic carbocycles. The molecule has 0 atom stereocenters. The number of nitrogens with zero attached hydrogens (tertiary/aromatic N) is 2. The largest absolute Gasteiger partial charge is 0.312 e. The van der Waals surface area contributed by atoms with Crippen molar-refractivity contribution >= 4 is 23.4 Å². The van der Waals surface area contributed by atoms with E-state index >= 15 is 0 Å². The van der Waals surface area contributed by atoms with E-state index in [2.05, 4.69) is 0 Å². The first-order chi connectivity index (χ1) is 12.1. The maximum Gasteiger partial charge on any atom is 0.261 e. The Balaban J connectivity index is 1.46. The Hall–Kier alpha value is -3.02. The Morgan fingerprint density at radius 3 is 2.40 bits per heavy atom. The molecule has 4 rings (SSSR count). The zero-order valence-electron chi connectivity index (χ0n) is 13.4. The molecule has 2 aliphatic rings. The zero-order valence-corrected chi connectivity index (χ0v) is 13.4. The number of hydrogen-bond donors (Lipinski definition) is 0. The van der Waals surface area contributed by atoms with Crippen LogP contribution < -0.4 is 4.90 Å². The van der Waals surface area contributed by atoms with Gasteiger partial charge in [0, 0.05) is 25.2 Å². The van der Waals surface area contributed by atoms with Crippen molar-refractivity contribution in [2.75, 3.05) is 18.0 Å². The van der Waals surface area contributed by atoms with Crippen LogP contribution in [0, 0.1) is 5.82 Å². The van der Waals surface area contributed by atoms with E-state index in [0.29, 0.717) is 29.8 Å². The number of carbonyl (C=O) groups is 3. The lowest BCUT2D eigenvalue weighted by atomic mass is 10.1. The van der Waals surface area contributed by atoms with Crippen molar-refractivity contribution in [3.63, 3.8) is 0 Å². The molecular weight excluding hydrogens is 323 g/mol. The maximum absolute atomic E-state index is 13.3. The number of amides is 3. The number of benzene rings is 2. The molecule has 0 radical (unpaired) electrons. The Morgan fingerprint density at radius 1 is 1.04 bits per heavy atom. The van der Waals surface area contributed by atoms with Crippen molar-refractivity contribution in [3.8, 4) is 0 Å². The molecule has 0 N–H and O–H groups in total. The Morgan fingerprint density at radius 2 is 1.72 bits per heavy atom. The second kappa shape index (κ2) is 5.81. The average Bonchev–Trinajstić information content (AvgIpc) is 3.13. The minimum Gasteiger partial charge on any atom is -0.312 e. The molecule has 2 heterocycles. The Kier molecular flexibility index (Phi) is 3.60. The minimum atomic E-state index is -0.364. The molecule has 2 aromatic rings. The Bertz CT molecular complexity index is 874. The lowest BCUT2D eigenvalue weighted by Crippen LogP contribution is -2.36. The fourth-order valence-electron chi connectivity index (χ4n) is 3.41. The molecule has 0 saturated carbocycles. The van der Waals surface area contributed by atoms with E-state index in [4.69, 9.17) is 0 Å². The van der Waals surface area contributed by atoms with Crippen molar-refractivity contribution in [3.05, 3.63) is 65.0 Å². The highest BCUT2D eigenvalue weighted by atomic mass is 19.1. The summed E-state index contributed by atoms with van der Waals surface area (Å²) in [7, 11) is 0. The first-order valence-electron chi connectivity index (χ1n) is 8.10. The predicted octanol–water partition coefficient (Wildman–Crippen LogP) is 2.40. The number of fused-ring (bicyclic) bond motifs is 2. The summed E-state index contributed by atoms with van der Waals surface area (Å²) in [6.45, 7) is 0.526. The summed E-state index contributed by atoms with van der Waals surface area (Å²) in [6, 6.07) is 11.0. The quantitative estimate of drug-likeness (QED) is 0.808. The maximum atomic E-state index is 13.3. The van der Waals surface area contributed by atoms with E-state index in [9.17, 15) is 18.8 Å². The van der Waals surface area contributed by atoms with Gasteiger partial charge in [0.25, 0.3) is 11.8 Å². The van der Waals surface area contributed by atoms with Gasteiger partial charge in [0.05, 0.1) is 11.1 Å². The molecule has 2 aromatic carbocycles. The SMILES string of the molecule is O=C1c2ccccc2C(=O)N1CCC(=O)N1CCc2cc(F)ccc21. The van der Waals surface area contributed by atoms with Crippen LogP contribution in [0.1, 0.15) is 32.7 Å². The van der Waals surface area contributed by atoms with Gasteiger partial charge in [0.1, 0.15) is 5.82 Å². The summed E-state index contributed by atoms with van der Waals surface area (Å²) in [6.07, 6.45) is 0.647. The molecule has 25 heavy (non-hydrogen) atoms. The fourth-order valence-corrected chi connectivity index (χ4v) is 3.41. The third kappa shape index (κ3) is 2.50. The molecule has 0 fully saturated rings. The molecule has 126 valence electrons. The lowest BCUT2D eigenvalue weighted by molar-refractivity contribution is -0.118. The van der Waals surface area contributed by atoms with Gasteiger partial charge in [-0.05, 0) is 42.3 Å². The van der Waals surface area contributed by atoms with Crippen molar-refractivity contribution in [1.29, 1.82) is 0 Å². The van der Waals surface area contributed by atoms with Gasteiger partial charge in [-0.15, -0.1) is 0 Å². The summed E-state index contributed by atoms with van der Waals surface area (Å²) in [5, 5.41) is 0. The van der Waals surface area contributed by atoms with Crippen LogP contribution in [0.15, 0.2) is 42.5 Å². The first kappa shape index (κ1) is 15.5. The normalized spacial score (nSPS) is 15.6.